The second-order valence-electron chi connectivity index (χ2n) is 5.05. The van der Waals surface area contributed by atoms with Crippen LogP contribution in [0.1, 0.15) is 34.4 Å². The third-order valence-electron chi connectivity index (χ3n) is 3.03. The topological polar surface area (TPSA) is 114 Å². The number of aromatic nitrogens is 3. The van der Waals surface area contributed by atoms with E-state index in [1.807, 2.05) is 6.92 Å². The number of nitrogens with zero attached hydrogens (tertiary/aromatic N) is 2. The first kappa shape index (κ1) is 19.1. The van der Waals surface area contributed by atoms with Crippen LogP contribution < -0.4 is 10.9 Å². The number of H-pyrrole nitrogens is 1. The van der Waals surface area contributed by atoms with E-state index in [1.54, 1.807) is 6.92 Å². The van der Waals surface area contributed by atoms with Crippen molar-refractivity contribution in [3.05, 3.63) is 32.7 Å². The molecule has 134 valence electrons. The summed E-state index contributed by atoms with van der Waals surface area (Å²) < 4.78 is 4.66. The van der Waals surface area contributed by atoms with Crippen LogP contribution in [0.4, 0.5) is 5.13 Å². The molecule has 8 nitrogen and oxygen atoms in total. The van der Waals surface area contributed by atoms with Crippen molar-refractivity contribution in [3.8, 4) is 0 Å². The van der Waals surface area contributed by atoms with Gasteiger partial charge in [-0.25, -0.2) is 14.8 Å². The molecule has 0 aliphatic rings. The number of anilines is 1. The van der Waals surface area contributed by atoms with Crippen molar-refractivity contribution in [1.82, 2.24) is 15.0 Å². The zero-order valence-electron chi connectivity index (χ0n) is 14.0. The highest BCUT2D eigenvalue weighted by Gasteiger charge is 2.17. The summed E-state index contributed by atoms with van der Waals surface area (Å²) in [5.74, 6) is -0.733. The van der Waals surface area contributed by atoms with Crippen LogP contribution in [0.15, 0.2) is 16.0 Å². The molecule has 0 aliphatic carbocycles. The SMILES string of the molecule is CCCc1cc(=O)[nH]c(SCC(=O)Nc2nc(C)c(C(=O)OC)s2)n1. The van der Waals surface area contributed by atoms with Crippen molar-refractivity contribution >= 4 is 40.1 Å². The number of aromatic amines is 1. The number of hydrogen-bond acceptors (Lipinski definition) is 8. The Labute approximate surface area is 152 Å². The molecule has 2 N–H and O–H groups in total. The second-order valence-corrected chi connectivity index (χ2v) is 7.02. The highest BCUT2D eigenvalue weighted by Crippen LogP contribution is 2.23. The smallest absolute Gasteiger partial charge is 0.350 e. The van der Waals surface area contributed by atoms with E-state index in [2.05, 4.69) is 25.0 Å². The number of esters is 1. The van der Waals surface area contributed by atoms with E-state index in [4.69, 9.17) is 0 Å². The van der Waals surface area contributed by atoms with E-state index in [9.17, 15) is 14.4 Å². The summed E-state index contributed by atoms with van der Waals surface area (Å²) in [6.07, 6.45) is 1.59. The number of amides is 1. The standard InChI is InChI=1S/C15H18N4O4S2/c1-4-5-9-6-10(20)18-14(17-9)24-7-11(21)19-15-16-8(2)12(25-15)13(22)23-3/h6H,4-5,7H2,1-3H3,(H,16,19,21)(H,17,18,20). The number of methoxy groups -OCH3 is 1. The van der Waals surface area contributed by atoms with Crippen LogP contribution >= 0.6 is 23.1 Å². The van der Waals surface area contributed by atoms with Gasteiger partial charge in [-0.2, -0.15) is 0 Å². The molecule has 25 heavy (non-hydrogen) atoms. The number of rotatable bonds is 7. The van der Waals surface area contributed by atoms with Crippen LogP contribution in [0.2, 0.25) is 0 Å². The molecule has 0 spiro atoms. The lowest BCUT2D eigenvalue weighted by atomic mass is 10.2. The minimum atomic E-state index is -0.487. The summed E-state index contributed by atoms with van der Waals surface area (Å²) >= 11 is 2.18. The van der Waals surface area contributed by atoms with Crippen LogP contribution in [0.25, 0.3) is 0 Å². The Morgan fingerprint density at radius 3 is 2.84 bits per heavy atom. The van der Waals surface area contributed by atoms with Crippen LogP contribution in [-0.4, -0.2) is 39.7 Å². The number of thioether (sulfide) groups is 1. The van der Waals surface area contributed by atoms with Gasteiger partial charge in [0.2, 0.25) is 5.91 Å². The number of carbonyl (C=O) groups is 2. The molecular weight excluding hydrogens is 364 g/mol. The van der Waals surface area contributed by atoms with Gasteiger partial charge in [-0.05, 0) is 13.3 Å². The predicted octanol–water partition coefficient (Wildman–Crippen LogP) is 2.00. The highest BCUT2D eigenvalue weighted by atomic mass is 32.2. The molecular formula is C15H18N4O4S2. The summed E-state index contributed by atoms with van der Waals surface area (Å²) in [5, 5.41) is 3.35. The number of ether oxygens (including phenoxy) is 1. The Hall–Kier alpha value is -2.20. The third kappa shape index (κ3) is 5.40. The van der Waals surface area contributed by atoms with Crippen molar-refractivity contribution < 1.29 is 14.3 Å². The quantitative estimate of drug-likeness (QED) is 0.428. The van der Waals surface area contributed by atoms with E-state index in [0.717, 1.165) is 29.5 Å². The molecule has 1 amide bonds. The van der Waals surface area contributed by atoms with Crippen LogP contribution in [0.5, 0.6) is 0 Å². The van der Waals surface area contributed by atoms with Crippen LogP contribution in [-0.2, 0) is 16.0 Å². The van der Waals surface area contributed by atoms with Gasteiger partial charge in [0, 0.05) is 11.8 Å². The molecule has 0 aromatic carbocycles. The largest absolute Gasteiger partial charge is 0.465 e. The van der Waals surface area contributed by atoms with Crippen molar-refractivity contribution in [2.24, 2.45) is 0 Å². The molecule has 0 radical (unpaired) electrons. The average molecular weight is 382 g/mol. The van der Waals surface area contributed by atoms with Gasteiger partial charge >= 0.3 is 5.97 Å². The fourth-order valence-electron chi connectivity index (χ4n) is 1.96. The maximum atomic E-state index is 12.0. The molecule has 0 saturated heterocycles. The van der Waals surface area contributed by atoms with Gasteiger partial charge in [-0.3, -0.25) is 9.59 Å². The molecule has 0 unspecified atom stereocenters. The number of aryl methyl sites for hydroxylation is 2. The second kappa shape index (κ2) is 8.77. The molecule has 2 aromatic heterocycles. The lowest BCUT2D eigenvalue weighted by Gasteiger charge is -2.03. The fourth-order valence-corrected chi connectivity index (χ4v) is 3.55. The van der Waals surface area contributed by atoms with Crippen molar-refractivity contribution in [1.29, 1.82) is 0 Å². The van der Waals surface area contributed by atoms with Gasteiger partial charge in [-0.1, -0.05) is 36.4 Å². The Morgan fingerprint density at radius 1 is 1.40 bits per heavy atom. The average Bonchev–Trinajstić information content (AvgIpc) is 2.92. The van der Waals surface area contributed by atoms with Gasteiger partial charge in [0.05, 0.1) is 18.6 Å². The van der Waals surface area contributed by atoms with Gasteiger partial charge in [0.15, 0.2) is 10.3 Å². The molecule has 2 heterocycles. The molecule has 0 aliphatic heterocycles. The maximum absolute atomic E-state index is 12.0. The predicted molar refractivity (Wildman–Crippen MR) is 96.4 cm³/mol. The summed E-state index contributed by atoms with van der Waals surface area (Å²) in [6.45, 7) is 3.67. The zero-order valence-corrected chi connectivity index (χ0v) is 15.7. The number of carbonyl (C=O) groups excluding carboxylic acids is 2. The summed E-state index contributed by atoms with van der Waals surface area (Å²) in [7, 11) is 1.29. The molecule has 0 bridgehead atoms. The summed E-state index contributed by atoms with van der Waals surface area (Å²) in [4.78, 5) is 46.6. The number of thiazole rings is 1. The molecule has 0 fully saturated rings. The fraction of sp³-hybridized carbons (Fsp3) is 0.400. The Bertz CT molecular complexity index is 831. The molecule has 0 saturated carbocycles. The number of nitrogens with one attached hydrogen (secondary N) is 2. The summed E-state index contributed by atoms with van der Waals surface area (Å²) in [6, 6.07) is 1.46. The first-order valence-electron chi connectivity index (χ1n) is 7.51. The first-order valence-corrected chi connectivity index (χ1v) is 9.31. The van der Waals surface area contributed by atoms with E-state index >= 15 is 0 Å². The van der Waals surface area contributed by atoms with Gasteiger partial charge in [0.1, 0.15) is 4.88 Å². The lowest BCUT2D eigenvalue weighted by Crippen LogP contribution is -2.15. The van der Waals surface area contributed by atoms with Crippen molar-refractivity contribution in [3.63, 3.8) is 0 Å². The van der Waals surface area contributed by atoms with Crippen molar-refractivity contribution in [2.75, 3.05) is 18.2 Å². The first-order chi connectivity index (χ1) is 11.9. The van der Waals surface area contributed by atoms with Crippen LogP contribution in [0, 0.1) is 6.92 Å². The van der Waals surface area contributed by atoms with E-state index in [-0.39, 0.29) is 17.2 Å². The molecule has 0 atom stereocenters. The molecule has 2 rings (SSSR count). The molecule has 2 aromatic rings. The Kier molecular flexibility index (Phi) is 6.71. The maximum Gasteiger partial charge on any atom is 0.350 e. The lowest BCUT2D eigenvalue weighted by molar-refractivity contribution is -0.113. The van der Waals surface area contributed by atoms with E-state index in [1.165, 1.54) is 13.2 Å². The van der Waals surface area contributed by atoms with Gasteiger partial charge in [-0.15, -0.1) is 0 Å². The third-order valence-corrected chi connectivity index (χ3v) is 4.96. The van der Waals surface area contributed by atoms with E-state index in [0.29, 0.717) is 33.0 Å². The zero-order chi connectivity index (χ0) is 18.4. The highest BCUT2D eigenvalue weighted by molar-refractivity contribution is 7.99. The minimum Gasteiger partial charge on any atom is -0.465 e. The summed E-state index contributed by atoms with van der Waals surface area (Å²) in [5.41, 5.74) is 0.963. The number of hydrogen-bond donors (Lipinski definition) is 2. The Morgan fingerprint density at radius 2 is 2.16 bits per heavy atom. The van der Waals surface area contributed by atoms with Gasteiger partial charge < -0.3 is 15.0 Å². The van der Waals surface area contributed by atoms with Crippen LogP contribution in [0.3, 0.4) is 0 Å². The minimum absolute atomic E-state index is 0.0602. The monoisotopic (exact) mass is 382 g/mol. The Balaban J connectivity index is 1.97. The van der Waals surface area contributed by atoms with Gasteiger partial charge in [0.25, 0.3) is 5.56 Å². The normalized spacial score (nSPS) is 10.5. The molecule has 10 heteroatoms. The van der Waals surface area contributed by atoms with Crippen molar-refractivity contribution in [2.45, 2.75) is 31.8 Å². The van der Waals surface area contributed by atoms with E-state index < -0.39 is 5.97 Å².